The zero-order valence-electron chi connectivity index (χ0n) is 12.4. The molecule has 0 radical (unpaired) electrons. The maximum absolute atomic E-state index is 5.95. The summed E-state index contributed by atoms with van der Waals surface area (Å²) in [5.74, 6) is 0.741. The molecule has 0 spiro atoms. The van der Waals surface area contributed by atoms with E-state index in [-0.39, 0.29) is 0 Å². The van der Waals surface area contributed by atoms with Gasteiger partial charge in [0.1, 0.15) is 0 Å². The van der Waals surface area contributed by atoms with E-state index in [2.05, 4.69) is 21.1 Å². The van der Waals surface area contributed by atoms with Crippen molar-refractivity contribution in [2.75, 3.05) is 27.3 Å². The van der Waals surface area contributed by atoms with Crippen LogP contribution in [0.1, 0.15) is 45.4 Å². The Morgan fingerprint density at radius 2 is 1.72 bits per heavy atom. The second-order valence-electron chi connectivity index (χ2n) is 5.06. The highest BCUT2D eigenvalue weighted by molar-refractivity contribution is 6.17. The van der Waals surface area contributed by atoms with Crippen LogP contribution in [0.25, 0.3) is 0 Å². The molecule has 0 aliphatic carbocycles. The van der Waals surface area contributed by atoms with Crippen molar-refractivity contribution in [3.63, 3.8) is 0 Å². The molecule has 5 heteroatoms. The number of nitrogens with two attached hydrogens (primary N) is 1. The van der Waals surface area contributed by atoms with Crippen LogP contribution in [0.5, 0.6) is 0 Å². The van der Waals surface area contributed by atoms with Crippen molar-refractivity contribution < 1.29 is 8.85 Å². The molecule has 1 aliphatic heterocycles. The molecule has 110 valence electrons. The van der Waals surface area contributed by atoms with Crippen molar-refractivity contribution in [3.05, 3.63) is 0 Å². The predicted octanol–water partition coefficient (Wildman–Crippen LogP) is 1.17. The lowest BCUT2D eigenvalue weighted by Crippen LogP contribution is -2.30. The van der Waals surface area contributed by atoms with Crippen LogP contribution in [0, 0.1) is 5.92 Å². The van der Waals surface area contributed by atoms with Gasteiger partial charge in [-0.25, -0.2) is 0 Å². The Balaban J connectivity index is 0.000000494. The summed E-state index contributed by atoms with van der Waals surface area (Å²) in [6.45, 7) is 4.51. The van der Waals surface area contributed by atoms with Crippen molar-refractivity contribution in [2.24, 2.45) is 11.7 Å². The molecule has 3 N–H and O–H groups in total. The number of hydrogen-bond donors (Lipinski definition) is 2. The monoisotopic (exact) mass is 276 g/mol. The maximum atomic E-state index is 5.95. The summed E-state index contributed by atoms with van der Waals surface area (Å²) in [6.07, 6.45) is 8.11. The van der Waals surface area contributed by atoms with Crippen molar-refractivity contribution in [1.82, 2.24) is 5.32 Å². The van der Waals surface area contributed by atoms with Gasteiger partial charge in [0.15, 0.2) is 0 Å². The van der Waals surface area contributed by atoms with Gasteiger partial charge in [0.2, 0.25) is 0 Å². The lowest BCUT2D eigenvalue weighted by atomic mass is 9.91. The Bertz CT molecular complexity index is 159. The highest BCUT2D eigenvalue weighted by Gasteiger charge is 2.13. The number of rotatable bonds is 3. The normalized spacial score (nSPS) is 23.7. The molecule has 0 aromatic carbocycles. The minimum Gasteiger partial charge on any atom is -0.402 e. The highest BCUT2D eigenvalue weighted by atomic mass is 28.3. The molecule has 18 heavy (non-hydrogen) atoms. The van der Waals surface area contributed by atoms with E-state index >= 15 is 0 Å². The topological polar surface area (TPSA) is 56.5 Å². The quantitative estimate of drug-likeness (QED) is 0.760. The fourth-order valence-electron chi connectivity index (χ4n) is 2.21. The van der Waals surface area contributed by atoms with Crippen molar-refractivity contribution in [2.45, 2.75) is 51.5 Å². The Morgan fingerprint density at radius 3 is 2.28 bits per heavy atom. The van der Waals surface area contributed by atoms with Gasteiger partial charge in [0.05, 0.1) is 0 Å². The maximum Gasteiger partial charge on any atom is 0.303 e. The summed E-state index contributed by atoms with van der Waals surface area (Å²) < 4.78 is 9.22. The van der Waals surface area contributed by atoms with E-state index < -0.39 is 10.0 Å². The van der Waals surface area contributed by atoms with E-state index in [4.69, 9.17) is 5.73 Å². The third kappa shape index (κ3) is 11.2. The van der Waals surface area contributed by atoms with Crippen LogP contribution in [0.15, 0.2) is 0 Å². The third-order valence-electron chi connectivity index (χ3n) is 3.35. The van der Waals surface area contributed by atoms with Crippen LogP contribution >= 0.6 is 0 Å². The Hall–Kier alpha value is 0.0569. The molecule has 0 amide bonds. The van der Waals surface area contributed by atoms with Crippen LogP contribution in [0.2, 0.25) is 0 Å². The van der Waals surface area contributed by atoms with Gasteiger partial charge in [-0.1, -0.05) is 19.3 Å². The van der Waals surface area contributed by atoms with Crippen LogP contribution in [-0.4, -0.2) is 43.4 Å². The van der Waals surface area contributed by atoms with Crippen LogP contribution < -0.4 is 11.1 Å². The highest BCUT2D eigenvalue weighted by Crippen LogP contribution is 2.17. The first-order chi connectivity index (χ1) is 8.72. The summed E-state index contributed by atoms with van der Waals surface area (Å²) in [6, 6.07) is 0.376. The van der Waals surface area contributed by atoms with Crippen molar-refractivity contribution in [1.29, 1.82) is 0 Å². The van der Waals surface area contributed by atoms with Gasteiger partial charge in [-0.15, -0.1) is 0 Å². The fraction of sp³-hybridized carbons (Fsp3) is 1.00. The molecular formula is C13H32N2O2Si. The second kappa shape index (κ2) is 13.5. The summed E-state index contributed by atoms with van der Waals surface area (Å²) in [7, 11) is 2.73. The van der Waals surface area contributed by atoms with E-state index in [1.807, 2.05) is 0 Å². The number of hydrogen-bond acceptors (Lipinski definition) is 4. The molecule has 0 saturated carbocycles. The Morgan fingerprint density at radius 1 is 1.06 bits per heavy atom. The van der Waals surface area contributed by atoms with Crippen LogP contribution in [0.4, 0.5) is 0 Å². The molecule has 0 aromatic heterocycles. The first kappa shape index (κ1) is 18.1. The lowest BCUT2D eigenvalue weighted by Gasteiger charge is -2.22. The molecule has 1 aliphatic rings. The van der Waals surface area contributed by atoms with Gasteiger partial charge >= 0.3 is 10.0 Å². The molecule has 0 bridgehead atoms. The summed E-state index contributed by atoms with van der Waals surface area (Å²) in [5.41, 5.74) is 5.95. The van der Waals surface area contributed by atoms with E-state index in [0.29, 0.717) is 6.04 Å². The zero-order valence-corrected chi connectivity index (χ0v) is 13.8. The smallest absolute Gasteiger partial charge is 0.303 e. The summed E-state index contributed by atoms with van der Waals surface area (Å²) in [5, 5.41) is 3.48. The average molecular weight is 276 g/mol. The lowest BCUT2D eigenvalue weighted by molar-refractivity contribution is 0.309. The minimum absolute atomic E-state index is 0.376. The number of nitrogens with one attached hydrogen (secondary N) is 1. The minimum atomic E-state index is -0.568. The van der Waals surface area contributed by atoms with Gasteiger partial charge in [-0.3, -0.25) is 0 Å². The van der Waals surface area contributed by atoms with E-state index in [9.17, 15) is 0 Å². The molecule has 0 aromatic rings. The summed E-state index contributed by atoms with van der Waals surface area (Å²) >= 11 is 0. The fourth-order valence-corrected chi connectivity index (χ4v) is 2.45. The molecule has 1 fully saturated rings. The summed E-state index contributed by atoms with van der Waals surface area (Å²) in [4.78, 5) is 0. The van der Waals surface area contributed by atoms with Crippen LogP contribution in [-0.2, 0) is 8.85 Å². The van der Waals surface area contributed by atoms with E-state index in [0.717, 1.165) is 12.5 Å². The van der Waals surface area contributed by atoms with Crippen molar-refractivity contribution >= 4 is 10.0 Å². The van der Waals surface area contributed by atoms with Gasteiger partial charge in [0.25, 0.3) is 0 Å². The predicted molar refractivity (Wildman–Crippen MR) is 80.3 cm³/mol. The van der Waals surface area contributed by atoms with Crippen molar-refractivity contribution in [3.8, 4) is 0 Å². The molecular weight excluding hydrogens is 244 g/mol. The van der Waals surface area contributed by atoms with Gasteiger partial charge in [0, 0.05) is 20.3 Å². The molecule has 1 heterocycles. The standard InChI is InChI=1S/C11H24N2.C2H8O2Si/c1-10(12)11-6-4-2-3-5-8-13-9-7-11;1-3-5-4-2/h10-11,13H,2-9,12H2,1H3;5H2,1-2H3. The Labute approximate surface area is 115 Å². The van der Waals surface area contributed by atoms with Gasteiger partial charge in [-0.2, -0.15) is 0 Å². The third-order valence-corrected chi connectivity index (χ3v) is 3.82. The first-order valence-electron chi connectivity index (χ1n) is 7.16. The SMILES string of the molecule is CC(N)C1CCCCCCNCC1.CO[SiH2]OC. The van der Waals surface area contributed by atoms with E-state index in [1.165, 1.54) is 45.1 Å². The Kier molecular flexibility index (Phi) is 13.5. The van der Waals surface area contributed by atoms with E-state index in [1.54, 1.807) is 14.2 Å². The molecule has 4 nitrogen and oxygen atoms in total. The average Bonchev–Trinajstić information content (AvgIpc) is 2.37. The second-order valence-corrected chi connectivity index (χ2v) is 6.45. The zero-order chi connectivity index (χ0) is 13.6. The van der Waals surface area contributed by atoms with Crippen LogP contribution in [0.3, 0.4) is 0 Å². The van der Waals surface area contributed by atoms with Gasteiger partial charge in [-0.05, 0) is 45.2 Å². The van der Waals surface area contributed by atoms with Gasteiger partial charge < -0.3 is 19.9 Å². The molecule has 1 rings (SSSR count). The first-order valence-corrected chi connectivity index (χ1v) is 8.32. The molecule has 2 unspecified atom stereocenters. The molecule has 1 saturated heterocycles. The largest absolute Gasteiger partial charge is 0.402 e. The molecule has 2 atom stereocenters.